The van der Waals surface area contributed by atoms with E-state index >= 15 is 0 Å². The first-order valence-electron chi connectivity index (χ1n) is 7.99. The van der Waals surface area contributed by atoms with Gasteiger partial charge in [-0.1, -0.05) is 41.6 Å². The molecule has 1 aliphatic rings. The van der Waals surface area contributed by atoms with Gasteiger partial charge in [-0.05, 0) is 18.1 Å². The van der Waals surface area contributed by atoms with Gasteiger partial charge in [0.05, 0.1) is 12.1 Å². The number of β-amino-alcohol motifs (C(OH)–C–C–N with tert-alkyl or cyclic N) is 1. The average Bonchev–Trinajstić information content (AvgIpc) is 3.23. The smallest absolute Gasteiger partial charge is 0.244 e. The molecule has 1 saturated heterocycles. The molecule has 1 fully saturated rings. The molecule has 2 atom stereocenters. The molecule has 6 heteroatoms. The summed E-state index contributed by atoms with van der Waals surface area (Å²) in [6, 6.07) is 13.6. The van der Waals surface area contributed by atoms with Gasteiger partial charge in [-0.3, -0.25) is 9.88 Å². The van der Waals surface area contributed by atoms with Gasteiger partial charge in [0.1, 0.15) is 0 Å². The van der Waals surface area contributed by atoms with Gasteiger partial charge in [0, 0.05) is 31.0 Å². The van der Waals surface area contributed by atoms with E-state index in [2.05, 4.69) is 20.0 Å². The quantitative estimate of drug-likeness (QED) is 0.795. The van der Waals surface area contributed by atoms with Crippen molar-refractivity contribution in [1.82, 2.24) is 20.0 Å². The number of hydrogen-bond acceptors (Lipinski definition) is 6. The second kappa shape index (κ2) is 6.51. The van der Waals surface area contributed by atoms with Gasteiger partial charge in [0.25, 0.3) is 0 Å². The lowest BCUT2D eigenvalue weighted by molar-refractivity contribution is 0.169. The molecule has 0 radical (unpaired) electrons. The molecule has 2 aromatic heterocycles. The number of hydrogen-bond donors (Lipinski definition) is 1. The van der Waals surface area contributed by atoms with Gasteiger partial charge < -0.3 is 9.63 Å². The van der Waals surface area contributed by atoms with Crippen molar-refractivity contribution in [2.45, 2.75) is 25.1 Å². The van der Waals surface area contributed by atoms with Crippen molar-refractivity contribution in [3.63, 3.8) is 0 Å². The van der Waals surface area contributed by atoms with E-state index in [1.165, 1.54) is 0 Å². The Bertz CT molecular complexity index is 791. The fourth-order valence-electron chi connectivity index (χ4n) is 3.11. The van der Waals surface area contributed by atoms with Gasteiger partial charge in [-0.2, -0.15) is 4.98 Å². The van der Waals surface area contributed by atoms with Crippen molar-refractivity contribution in [3.8, 4) is 11.4 Å². The first-order chi connectivity index (χ1) is 11.8. The Hall–Kier alpha value is -2.57. The van der Waals surface area contributed by atoms with Crippen molar-refractivity contribution in [1.29, 1.82) is 0 Å². The van der Waals surface area contributed by atoms with E-state index in [9.17, 15) is 5.11 Å². The van der Waals surface area contributed by atoms with Crippen LogP contribution in [0.4, 0.5) is 0 Å². The highest BCUT2D eigenvalue weighted by atomic mass is 16.5. The van der Waals surface area contributed by atoms with Crippen LogP contribution >= 0.6 is 0 Å². The minimum absolute atomic E-state index is 0.0785. The summed E-state index contributed by atoms with van der Waals surface area (Å²) in [5, 5.41) is 14.2. The molecule has 3 aromatic rings. The van der Waals surface area contributed by atoms with Crippen LogP contribution in [0.3, 0.4) is 0 Å². The SMILES string of the molecule is OC1CC(c2nc(-c3ccccc3)no2)N(Cc2cccnc2)C1. The summed E-state index contributed by atoms with van der Waals surface area (Å²) in [6.07, 6.45) is 3.80. The van der Waals surface area contributed by atoms with Crippen LogP contribution in [0.5, 0.6) is 0 Å². The maximum absolute atomic E-state index is 10.1. The monoisotopic (exact) mass is 322 g/mol. The fourth-order valence-corrected chi connectivity index (χ4v) is 3.11. The van der Waals surface area contributed by atoms with Crippen molar-refractivity contribution in [2.24, 2.45) is 0 Å². The maximum Gasteiger partial charge on any atom is 0.244 e. The maximum atomic E-state index is 10.1. The standard InChI is InChI=1S/C18H18N4O2/c23-15-9-16(22(12-15)11-13-5-4-8-19-10-13)18-20-17(21-24-18)14-6-2-1-3-7-14/h1-8,10,15-16,23H,9,11-12H2. The summed E-state index contributed by atoms with van der Waals surface area (Å²) in [5.41, 5.74) is 2.02. The lowest BCUT2D eigenvalue weighted by atomic mass is 10.2. The third-order valence-electron chi connectivity index (χ3n) is 4.25. The number of aromatic nitrogens is 3. The van der Waals surface area contributed by atoms with Gasteiger partial charge in [0.15, 0.2) is 0 Å². The molecule has 0 bridgehead atoms. The highest BCUT2D eigenvalue weighted by molar-refractivity contribution is 5.53. The second-order valence-electron chi connectivity index (χ2n) is 6.02. The Morgan fingerprint density at radius 3 is 2.83 bits per heavy atom. The van der Waals surface area contributed by atoms with Crippen LogP contribution < -0.4 is 0 Å². The van der Waals surface area contributed by atoms with Crippen LogP contribution in [0.15, 0.2) is 59.4 Å². The minimum Gasteiger partial charge on any atom is -0.392 e. The summed E-state index contributed by atoms with van der Waals surface area (Å²) >= 11 is 0. The Morgan fingerprint density at radius 2 is 2.04 bits per heavy atom. The van der Waals surface area contributed by atoms with Crippen molar-refractivity contribution < 1.29 is 9.63 Å². The second-order valence-corrected chi connectivity index (χ2v) is 6.02. The van der Waals surface area contributed by atoms with E-state index in [0.29, 0.717) is 31.2 Å². The van der Waals surface area contributed by atoms with E-state index in [4.69, 9.17) is 4.52 Å². The topological polar surface area (TPSA) is 75.3 Å². The highest BCUT2D eigenvalue weighted by Crippen LogP contribution is 2.33. The summed E-state index contributed by atoms with van der Waals surface area (Å²) in [5.74, 6) is 1.13. The molecule has 122 valence electrons. The van der Waals surface area contributed by atoms with Crippen molar-refractivity contribution in [2.75, 3.05) is 6.54 Å². The number of pyridine rings is 1. The Labute approximate surface area is 139 Å². The largest absolute Gasteiger partial charge is 0.392 e. The first kappa shape index (κ1) is 15.0. The molecule has 0 saturated carbocycles. The van der Waals surface area contributed by atoms with E-state index in [1.807, 2.05) is 48.7 Å². The Morgan fingerprint density at radius 1 is 1.17 bits per heavy atom. The number of aliphatic hydroxyl groups is 1. The molecule has 0 spiro atoms. The minimum atomic E-state index is -0.390. The fraction of sp³-hybridized carbons (Fsp3) is 0.278. The van der Waals surface area contributed by atoms with Crippen molar-refractivity contribution >= 4 is 0 Å². The van der Waals surface area contributed by atoms with Crippen molar-refractivity contribution in [3.05, 3.63) is 66.3 Å². The first-order valence-corrected chi connectivity index (χ1v) is 7.99. The molecule has 3 heterocycles. The zero-order chi connectivity index (χ0) is 16.4. The van der Waals surface area contributed by atoms with Crippen LogP contribution in [-0.4, -0.2) is 37.8 Å². The molecule has 4 rings (SSSR count). The molecule has 0 amide bonds. The van der Waals surface area contributed by atoms with Gasteiger partial charge in [-0.25, -0.2) is 0 Å². The van der Waals surface area contributed by atoms with Crippen LogP contribution in [0.25, 0.3) is 11.4 Å². The van der Waals surface area contributed by atoms with Crippen LogP contribution in [0.1, 0.15) is 23.9 Å². The zero-order valence-corrected chi connectivity index (χ0v) is 13.1. The third kappa shape index (κ3) is 3.06. The number of likely N-dealkylation sites (tertiary alicyclic amines) is 1. The summed E-state index contributed by atoms with van der Waals surface area (Å²) < 4.78 is 5.49. The molecule has 1 aliphatic heterocycles. The van der Waals surface area contributed by atoms with E-state index < -0.39 is 6.10 Å². The van der Waals surface area contributed by atoms with Gasteiger partial charge in [0.2, 0.25) is 11.7 Å². The number of rotatable bonds is 4. The highest BCUT2D eigenvalue weighted by Gasteiger charge is 2.35. The molecule has 1 aromatic carbocycles. The van der Waals surface area contributed by atoms with Gasteiger partial charge in [-0.15, -0.1) is 0 Å². The van der Waals surface area contributed by atoms with E-state index in [1.54, 1.807) is 6.20 Å². The van der Waals surface area contributed by atoms with E-state index in [-0.39, 0.29) is 6.04 Å². The molecular formula is C18H18N4O2. The molecule has 24 heavy (non-hydrogen) atoms. The molecule has 0 aliphatic carbocycles. The molecular weight excluding hydrogens is 304 g/mol. The predicted octanol–water partition coefficient (Wildman–Crippen LogP) is 2.44. The summed E-state index contributed by atoms with van der Waals surface area (Å²) in [6.45, 7) is 1.28. The lowest BCUT2D eigenvalue weighted by Crippen LogP contribution is -2.24. The third-order valence-corrected chi connectivity index (χ3v) is 4.25. The van der Waals surface area contributed by atoms with Crippen LogP contribution in [0, 0.1) is 0 Å². The molecule has 1 N–H and O–H groups in total. The summed E-state index contributed by atoms with van der Waals surface area (Å²) in [4.78, 5) is 10.8. The number of aliphatic hydroxyl groups excluding tert-OH is 1. The number of benzene rings is 1. The predicted molar refractivity (Wildman–Crippen MR) is 87.7 cm³/mol. The van der Waals surface area contributed by atoms with Crippen LogP contribution in [0.2, 0.25) is 0 Å². The number of nitrogens with zero attached hydrogens (tertiary/aromatic N) is 4. The normalized spacial score (nSPS) is 21.2. The molecule has 6 nitrogen and oxygen atoms in total. The van der Waals surface area contributed by atoms with Gasteiger partial charge >= 0.3 is 0 Å². The Balaban J connectivity index is 1.57. The Kier molecular flexibility index (Phi) is 4.06. The molecule has 2 unspecified atom stereocenters. The van der Waals surface area contributed by atoms with E-state index in [0.717, 1.165) is 11.1 Å². The lowest BCUT2D eigenvalue weighted by Gasteiger charge is -2.20. The zero-order valence-electron chi connectivity index (χ0n) is 13.1. The summed E-state index contributed by atoms with van der Waals surface area (Å²) in [7, 11) is 0. The van der Waals surface area contributed by atoms with Crippen LogP contribution in [-0.2, 0) is 6.54 Å². The average molecular weight is 322 g/mol.